The van der Waals surface area contributed by atoms with Crippen LogP contribution in [0.5, 0.6) is 0 Å². The van der Waals surface area contributed by atoms with E-state index in [4.69, 9.17) is 0 Å². The number of hydrogen-bond acceptors (Lipinski definition) is 1. The zero-order valence-corrected chi connectivity index (χ0v) is 8.92. The zero-order chi connectivity index (χ0) is 9.31. The Bertz CT molecular complexity index is 195. The third-order valence-electron chi connectivity index (χ3n) is 3.79. The molecule has 0 aliphatic heterocycles. The minimum atomic E-state index is 0.294. The molecule has 0 radical (unpaired) electrons. The van der Waals surface area contributed by atoms with Gasteiger partial charge in [0.05, 0.1) is 5.54 Å². The Labute approximate surface area is 81.6 Å². The van der Waals surface area contributed by atoms with Crippen LogP contribution < -0.4 is 0 Å². The van der Waals surface area contributed by atoms with Gasteiger partial charge in [-0.1, -0.05) is 19.3 Å². The van der Waals surface area contributed by atoms with Crippen molar-refractivity contribution in [2.45, 2.75) is 57.9 Å². The highest BCUT2D eigenvalue weighted by Gasteiger charge is 2.38. The molecule has 0 saturated heterocycles. The van der Waals surface area contributed by atoms with Crippen molar-refractivity contribution in [3.05, 3.63) is 0 Å². The summed E-state index contributed by atoms with van der Waals surface area (Å²) in [5, 5.41) is 0. The van der Waals surface area contributed by atoms with Gasteiger partial charge < -0.3 is 0 Å². The lowest BCUT2D eigenvalue weighted by Crippen LogP contribution is -2.37. The smallest absolute Gasteiger partial charge is 0.0581 e. The summed E-state index contributed by atoms with van der Waals surface area (Å²) in [5.74, 6) is 1.97. The van der Waals surface area contributed by atoms with E-state index in [1.165, 1.54) is 38.5 Å². The summed E-state index contributed by atoms with van der Waals surface area (Å²) in [4.78, 5) is 4.67. The SMILES string of the molecule is CC=NC1(C)CC2CCCC(C2)C1. The van der Waals surface area contributed by atoms with Gasteiger partial charge in [-0.25, -0.2) is 0 Å². The Balaban J connectivity index is 2.08. The van der Waals surface area contributed by atoms with Gasteiger partial charge in [0.25, 0.3) is 0 Å². The quantitative estimate of drug-likeness (QED) is 0.547. The molecule has 0 amide bonds. The summed E-state index contributed by atoms with van der Waals surface area (Å²) in [6.45, 7) is 4.40. The van der Waals surface area contributed by atoms with Crippen LogP contribution in [0.15, 0.2) is 4.99 Å². The molecule has 1 heteroatoms. The first-order valence-electron chi connectivity index (χ1n) is 5.72. The van der Waals surface area contributed by atoms with Crippen LogP contribution in [-0.2, 0) is 0 Å². The molecule has 2 fully saturated rings. The fourth-order valence-electron chi connectivity index (χ4n) is 3.52. The molecule has 2 rings (SSSR count). The number of aliphatic imine (C=N–C) groups is 1. The van der Waals surface area contributed by atoms with Crippen LogP contribution in [0.25, 0.3) is 0 Å². The fourth-order valence-corrected chi connectivity index (χ4v) is 3.52. The Kier molecular flexibility index (Phi) is 2.44. The van der Waals surface area contributed by atoms with Gasteiger partial charge in [0.1, 0.15) is 0 Å². The second kappa shape index (κ2) is 3.43. The first-order chi connectivity index (χ1) is 6.22. The summed E-state index contributed by atoms with van der Waals surface area (Å²) in [5.41, 5.74) is 0.294. The highest BCUT2D eigenvalue weighted by atomic mass is 14.8. The van der Waals surface area contributed by atoms with Crippen molar-refractivity contribution in [3.8, 4) is 0 Å². The predicted octanol–water partition coefficient (Wildman–Crippen LogP) is 3.44. The van der Waals surface area contributed by atoms with Crippen LogP contribution in [0.3, 0.4) is 0 Å². The molecule has 2 unspecified atom stereocenters. The van der Waals surface area contributed by atoms with Crippen molar-refractivity contribution in [2.75, 3.05) is 0 Å². The Morgan fingerprint density at radius 3 is 2.38 bits per heavy atom. The zero-order valence-electron chi connectivity index (χ0n) is 8.92. The molecule has 0 aromatic heterocycles. The number of fused-ring (bicyclic) bond motifs is 2. The molecule has 2 aliphatic carbocycles. The number of nitrogens with zero attached hydrogens (tertiary/aromatic N) is 1. The second-order valence-electron chi connectivity index (χ2n) is 5.19. The molecule has 0 spiro atoms. The summed E-state index contributed by atoms with van der Waals surface area (Å²) in [6.07, 6.45) is 10.6. The molecule has 0 aromatic rings. The maximum atomic E-state index is 4.67. The summed E-state index contributed by atoms with van der Waals surface area (Å²) < 4.78 is 0. The third-order valence-corrected chi connectivity index (χ3v) is 3.79. The van der Waals surface area contributed by atoms with Crippen molar-refractivity contribution in [1.29, 1.82) is 0 Å². The second-order valence-corrected chi connectivity index (χ2v) is 5.19. The standard InChI is InChI=1S/C12H21N/c1-3-13-12(2)8-10-5-4-6-11(7-10)9-12/h3,10-11H,4-9H2,1-2H3. The van der Waals surface area contributed by atoms with Gasteiger partial charge in [0.2, 0.25) is 0 Å². The summed E-state index contributed by atoms with van der Waals surface area (Å²) in [6, 6.07) is 0. The van der Waals surface area contributed by atoms with E-state index in [1.54, 1.807) is 0 Å². The van der Waals surface area contributed by atoms with Crippen LogP contribution in [0, 0.1) is 11.8 Å². The van der Waals surface area contributed by atoms with Crippen molar-refractivity contribution < 1.29 is 0 Å². The van der Waals surface area contributed by atoms with Gasteiger partial charge in [-0.05, 0) is 51.2 Å². The van der Waals surface area contributed by atoms with E-state index < -0.39 is 0 Å². The van der Waals surface area contributed by atoms with E-state index in [2.05, 4.69) is 18.8 Å². The van der Waals surface area contributed by atoms with Gasteiger partial charge in [0, 0.05) is 0 Å². The lowest BCUT2D eigenvalue weighted by atomic mass is 9.65. The third kappa shape index (κ3) is 1.95. The summed E-state index contributed by atoms with van der Waals surface area (Å²) >= 11 is 0. The molecule has 2 aliphatic rings. The molecule has 2 atom stereocenters. The topological polar surface area (TPSA) is 12.4 Å². The van der Waals surface area contributed by atoms with Gasteiger partial charge >= 0.3 is 0 Å². The van der Waals surface area contributed by atoms with E-state index >= 15 is 0 Å². The molecule has 1 nitrogen and oxygen atoms in total. The maximum absolute atomic E-state index is 4.67. The largest absolute Gasteiger partial charge is 0.291 e. The van der Waals surface area contributed by atoms with E-state index in [0.717, 1.165) is 11.8 Å². The molecular weight excluding hydrogens is 158 g/mol. The molecule has 2 saturated carbocycles. The molecule has 0 heterocycles. The van der Waals surface area contributed by atoms with E-state index in [-0.39, 0.29) is 0 Å². The minimum absolute atomic E-state index is 0.294. The molecule has 13 heavy (non-hydrogen) atoms. The number of rotatable bonds is 1. The van der Waals surface area contributed by atoms with Crippen LogP contribution in [0.2, 0.25) is 0 Å². The van der Waals surface area contributed by atoms with Crippen LogP contribution in [-0.4, -0.2) is 11.8 Å². The average Bonchev–Trinajstić information content (AvgIpc) is 2.02. The lowest BCUT2D eigenvalue weighted by Gasteiger charge is -2.43. The molecule has 74 valence electrons. The van der Waals surface area contributed by atoms with E-state index in [9.17, 15) is 0 Å². The van der Waals surface area contributed by atoms with Crippen LogP contribution in [0.1, 0.15) is 52.4 Å². The monoisotopic (exact) mass is 179 g/mol. The average molecular weight is 179 g/mol. The Morgan fingerprint density at radius 1 is 1.23 bits per heavy atom. The maximum Gasteiger partial charge on any atom is 0.0581 e. The van der Waals surface area contributed by atoms with Crippen molar-refractivity contribution in [3.63, 3.8) is 0 Å². The summed E-state index contributed by atoms with van der Waals surface area (Å²) in [7, 11) is 0. The predicted molar refractivity (Wildman–Crippen MR) is 57.3 cm³/mol. The fraction of sp³-hybridized carbons (Fsp3) is 0.917. The Morgan fingerprint density at radius 2 is 1.85 bits per heavy atom. The van der Waals surface area contributed by atoms with Gasteiger partial charge in [-0.2, -0.15) is 0 Å². The van der Waals surface area contributed by atoms with Gasteiger partial charge in [-0.3, -0.25) is 4.99 Å². The van der Waals surface area contributed by atoms with Crippen LogP contribution >= 0.6 is 0 Å². The van der Waals surface area contributed by atoms with E-state index in [1.807, 2.05) is 6.21 Å². The molecule has 2 bridgehead atoms. The first kappa shape index (κ1) is 9.23. The van der Waals surface area contributed by atoms with Crippen molar-refractivity contribution >= 4 is 6.21 Å². The highest BCUT2D eigenvalue weighted by molar-refractivity contribution is 5.54. The van der Waals surface area contributed by atoms with Gasteiger partial charge in [0.15, 0.2) is 0 Å². The first-order valence-corrected chi connectivity index (χ1v) is 5.72. The normalized spacial score (nSPS) is 45.4. The van der Waals surface area contributed by atoms with Gasteiger partial charge in [-0.15, -0.1) is 0 Å². The Hall–Kier alpha value is -0.330. The van der Waals surface area contributed by atoms with Crippen LogP contribution in [0.4, 0.5) is 0 Å². The molecular formula is C12H21N. The van der Waals surface area contributed by atoms with Crippen molar-refractivity contribution in [1.82, 2.24) is 0 Å². The van der Waals surface area contributed by atoms with E-state index in [0.29, 0.717) is 5.54 Å². The van der Waals surface area contributed by atoms with Crippen molar-refractivity contribution in [2.24, 2.45) is 16.8 Å². The lowest BCUT2D eigenvalue weighted by molar-refractivity contribution is 0.126. The highest BCUT2D eigenvalue weighted by Crippen LogP contribution is 2.45. The molecule has 0 N–H and O–H groups in total. The number of hydrogen-bond donors (Lipinski definition) is 0. The molecule has 0 aromatic carbocycles. The minimum Gasteiger partial charge on any atom is -0.291 e.